The molecule has 0 bridgehead atoms. The number of nitrogen functional groups attached to an aromatic ring is 2. The summed E-state index contributed by atoms with van der Waals surface area (Å²) in [4.78, 5) is 1.90. The van der Waals surface area contributed by atoms with Crippen LogP contribution in [0.1, 0.15) is 0 Å². The number of benzene rings is 2. The fraction of sp³-hybridized carbons (Fsp3) is 0. The average Bonchev–Trinajstić information content (AvgIpc) is 2.30. The predicted octanol–water partition coefficient (Wildman–Crippen LogP) is 4.96. The van der Waals surface area contributed by atoms with Crippen LogP contribution >= 0.6 is 44.8 Å². The fourth-order valence-electron chi connectivity index (χ4n) is 1.26. The summed E-state index contributed by atoms with van der Waals surface area (Å²) in [5.74, 6) is 0. The molecule has 94 valence electrons. The van der Waals surface area contributed by atoms with Gasteiger partial charge in [-0.3, -0.25) is 0 Å². The van der Waals surface area contributed by atoms with Crippen molar-refractivity contribution in [3.05, 3.63) is 46.4 Å². The molecule has 0 fully saturated rings. The highest BCUT2D eigenvalue weighted by Gasteiger charge is 2.06. The topological polar surface area (TPSA) is 52.0 Å². The first-order chi connectivity index (χ1) is 8.56. The predicted molar refractivity (Wildman–Crippen MR) is 83.4 cm³/mol. The second-order valence-electron chi connectivity index (χ2n) is 3.55. The summed E-state index contributed by atoms with van der Waals surface area (Å²) in [6.45, 7) is 0. The lowest BCUT2D eigenvalue weighted by molar-refractivity contribution is 1.46. The Morgan fingerprint density at radius 1 is 0.722 bits per heavy atom. The Kier molecular flexibility index (Phi) is 4.56. The van der Waals surface area contributed by atoms with Crippen molar-refractivity contribution in [3.63, 3.8) is 0 Å². The first-order valence-electron chi connectivity index (χ1n) is 5.01. The largest absolute Gasteiger partial charge is 0.399 e. The monoisotopic (exact) mass is 316 g/mol. The third-order valence-electron chi connectivity index (χ3n) is 2.13. The zero-order valence-corrected chi connectivity index (χ0v) is 12.3. The lowest BCUT2D eigenvalue weighted by Gasteiger charge is -2.06. The second-order valence-corrected chi connectivity index (χ2v) is 6.57. The van der Waals surface area contributed by atoms with E-state index in [2.05, 4.69) is 0 Å². The van der Waals surface area contributed by atoms with Crippen LogP contribution in [0.3, 0.4) is 0 Å². The Morgan fingerprint density at radius 3 is 1.44 bits per heavy atom. The molecule has 2 aromatic rings. The van der Waals surface area contributed by atoms with Gasteiger partial charge >= 0.3 is 0 Å². The van der Waals surface area contributed by atoms with E-state index in [9.17, 15) is 0 Å². The SMILES string of the molecule is Nc1ccc(SSc2ccc(N)cc2Cl)c(Cl)c1. The Bertz CT molecular complexity index is 524. The van der Waals surface area contributed by atoms with E-state index in [1.165, 1.54) is 21.6 Å². The van der Waals surface area contributed by atoms with Gasteiger partial charge in [-0.15, -0.1) is 0 Å². The molecule has 0 aromatic heterocycles. The van der Waals surface area contributed by atoms with E-state index in [0.717, 1.165) is 9.79 Å². The normalized spacial score (nSPS) is 10.6. The quantitative estimate of drug-likeness (QED) is 0.621. The summed E-state index contributed by atoms with van der Waals surface area (Å²) in [6.07, 6.45) is 0. The smallest absolute Gasteiger partial charge is 0.0571 e. The summed E-state index contributed by atoms with van der Waals surface area (Å²) >= 11 is 12.2. The second kappa shape index (κ2) is 5.97. The highest BCUT2D eigenvalue weighted by atomic mass is 35.5. The Morgan fingerprint density at radius 2 is 1.11 bits per heavy atom. The van der Waals surface area contributed by atoms with Gasteiger partial charge in [-0.05, 0) is 36.4 Å². The van der Waals surface area contributed by atoms with Crippen molar-refractivity contribution in [2.45, 2.75) is 9.79 Å². The summed E-state index contributed by atoms with van der Waals surface area (Å²) in [7, 11) is 3.07. The van der Waals surface area contributed by atoms with Gasteiger partial charge in [-0.1, -0.05) is 44.8 Å². The molecule has 0 saturated heterocycles. The van der Waals surface area contributed by atoms with E-state index in [4.69, 9.17) is 34.7 Å². The van der Waals surface area contributed by atoms with Gasteiger partial charge in [-0.2, -0.15) is 0 Å². The Balaban J connectivity index is 2.11. The van der Waals surface area contributed by atoms with E-state index >= 15 is 0 Å². The van der Waals surface area contributed by atoms with E-state index in [1.54, 1.807) is 12.1 Å². The van der Waals surface area contributed by atoms with Crippen LogP contribution in [0, 0.1) is 0 Å². The van der Waals surface area contributed by atoms with E-state index in [-0.39, 0.29) is 0 Å². The van der Waals surface area contributed by atoms with Gasteiger partial charge in [0.15, 0.2) is 0 Å². The molecule has 0 atom stereocenters. The lowest BCUT2D eigenvalue weighted by Crippen LogP contribution is -1.84. The summed E-state index contributed by atoms with van der Waals surface area (Å²) in [5, 5.41) is 1.28. The zero-order valence-electron chi connectivity index (χ0n) is 9.19. The number of nitrogens with two attached hydrogens (primary N) is 2. The van der Waals surface area contributed by atoms with Gasteiger partial charge in [-0.25, -0.2) is 0 Å². The molecule has 2 rings (SSSR count). The molecular formula is C12H10Cl2N2S2. The van der Waals surface area contributed by atoms with Crippen molar-refractivity contribution in [2.24, 2.45) is 0 Å². The molecule has 18 heavy (non-hydrogen) atoms. The van der Waals surface area contributed by atoms with Crippen LogP contribution in [0.15, 0.2) is 46.2 Å². The van der Waals surface area contributed by atoms with Crippen molar-refractivity contribution in [3.8, 4) is 0 Å². The molecule has 2 nitrogen and oxygen atoms in total. The average molecular weight is 317 g/mol. The minimum absolute atomic E-state index is 0.638. The number of halogens is 2. The molecule has 6 heteroatoms. The minimum Gasteiger partial charge on any atom is -0.399 e. The van der Waals surface area contributed by atoms with Crippen molar-refractivity contribution in [1.29, 1.82) is 0 Å². The Hall–Kier alpha value is -0.680. The van der Waals surface area contributed by atoms with E-state index < -0.39 is 0 Å². The third-order valence-corrected chi connectivity index (χ3v) is 5.46. The molecular weight excluding hydrogens is 307 g/mol. The molecule has 2 aromatic carbocycles. The van der Waals surface area contributed by atoms with Crippen LogP contribution in [0.25, 0.3) is 0 Å². The van der Waals surface area contributed by atoms with Crippen molar-refractivity contribution >= 4 is 56.2 Å². The summed E-state index contributed by atoms with van der Waals surface area (Å²) in [6, 6.07) is 10.9. The zero-order chi connectivity index (χ0) is 13.1. The standard InChI is InChI=1S/C12H10Cl2N2S2/c13-9-5-7(15)1-3-11(9)17-18-12-4-2-8(16)6-10(12)14/h1-6H,15-16H2. The fourth-order valence-corrected chi connectivity index (χ4v) is 4.26. The summed E-state index contributed by atoms with van der Waals surface area (Å²) in [5.41, 5.74) is 12.6. The highest BCUT2D eigenvalue weighted by Crippen LogP contribution is 2.43. The molecule has 0 unspecified atom stereocenters. The number of rotatable bonds is 3. The van der Waals surface area contributed by atoms with Crippen LogP contribution in [0.2, 0.25) is 10.0 Å². The minimum atomic E-state index is 0.638. The third kappa shape index (κ3) is 3.42. The maximum Gasteiger partial charge on any atom is 0.0571 e. The Labute approximate surface area is 123 Å². The van der Waals surface area contributed by atoms with Crippen LogP contribution < -0.4 is 11.5 Å². The molecule has 0 aliphatic heterocycles. The highest BCUT2D eigenvalue weighted by molar-refractivity contribution is 8.76. The molecule has 0 aliphatic rings. The molecule has 4 N–H and O–H groups in total. The maximum atomic E-state index is 6.09. The van der Waals surface area contributed by atoms with Gasteiger partial charge in [0.25, 0.3) is 0 Å². The van der Waals surface area contributed by atoms with Gasteiger partial charge in [0.05, 0.1) is 10.0 Å². The van der Waals surface area contributed by atoms with Gasteiger partial charge in [0.1, 0.15) is 0 Å². The van der Waals surface area contributed by atoms with Crippen molar-refractivity contribution in [2.75, 3.05) is 11.5 Å². The number of hydrogen-bond acceptors (Lipinski definition) is 4. The van der Waals surface area contributed by atoms with E-state index in [0.29, 0.717) is 21.4 Å². The molecule has 0 aliphatic carbocycles. The lowest BCUT2D eigenvalue weighted by atomic mass is 10.3. The van der Waals surface area contributed by atoms with Crippen LogP contribution in [-0.2, 0) is 0 Å². The number of anilines is 2. The van der Waals surface area contributed by atoms with Gasteiger partial charge in [0.2, 0.25) is 0 Å². The number of hydrogen-bond donors (Lipinski definition) is 2. The molecule has 0 radical (unpaired) electrons. The molecule has 0 heterocycles. The van der Waals surface area contributed by atoms with Crippen LogP contribution in [-0.4, -0.2) is 0 Å². The van der Waals surface area contributed by atoms with E-state index in [1.807, 2.05) is 24.3 Å². The summed E-state index contributed by atoms with van der Waals surface area (Å²) < 4.78 is 0. The van der Waals surface area contributed by atoms with Gasteiger partial charge in [0, 0.05) is 21.2 Å². The first-order valence-corrected chi connectivity index (χ1v) is 7.91. The van der Waals surface area contributed by atoms with Crippen LogP contribution in [0.5, 0.6) is 0 Å². The maximum absolute atomic E-state index is 6.09. The molecule has 0 amide bonds. The molecule has 0 saturated carbocycles. The first kappa shape index (κ1) is 13.7. The van der Waals surface area contributed by atoms with Crippen molar-refractivity contribution < 1.29 is 0 Å². The molecule has 0 spiro atoms. The van der Waals surface area contributed by atoms with Crippen LogP contribution in [0.4, 0.5) is 11.4 Å². The van der Waals surface area contributed by atoms with Gasteiger partial charge < -0.3 is 11.5 Å². The van der Waals surface area contributed by atoms with Crippen molar-refractivity contribution in [1.82, 2.24) is 0 Å².